The maximum atomic E-state index is 5.54. The molecule has 1 fully saturated rings. The summed E-state index contributed by atoms with van der Waals surface area (Å²) < 4.78 is 5.54. The third-order valence-electron chi connectivity index (χ3n) is 2.05. The van der Waals surface area contributed by atoms with Crippen molar-refractivity contribution >= 4 is 0 Å². The Kier molecular flexibility index (Phi) is 2.52. The van der Waals surface area contributed by atoms with Gasteiger partial charge in [0, 0.05) is 6.61 Å². The van der Waals surface area contributed by atoms with Crippen molar-refractivity contribution < 1.29 is 4.74 Å². The first-order valence-electron chi connectivity index (χ1n) is 3.94. The number of rotatable bonds is 1. The Bertz CT molecular complexity index is 72.6. The second-order valence-corrected chi connectivity index (χ2v) is 3.05. The Labute approximate surface area is 57.4 Å². The van der Waals surface area contributed by atoms with E-state index in [-0.39, 0.29) is 0 Å². The minimum atomic E-state index is 0.571. The first-order valence-corrected chi connectivity index (χ1v) is 3.94. The van der Waals surface area contributed by atoms with Gasteiger partial charge in [-0.15, -0.1) is 0 Å². The summed E-state index contributed by atoms with van der Waals surface area (Å²) in [5, 5.41) is 0. The van der Waals surface area contributed by atoms with Gasteiger partial charge in [-0.25, -0.2) is 0 Å². The molecule has 54 valence electrons. The van der Waals surface area contributed by atoms with Crippen molar-refractivity contribution in [2.45, 2.75) is 39.2 Å². The molecule has 0 saturated carbocycles. The van der Waals surface area contributed by atoms with Crippen LogP contribution in [0, 0.1) is 5.92 Å². The Balaban J connectivity index is 2.18. The van der Waals surface area contributed by atoms with E-state index >= 15 is 0 Å². The molecule has 1 aliphatic heterocycles. The van der Waals surface area contributed by atoms with E-state index in [1.807, 2.05) is 0 Å². The van der Waals surface area contributed by atoms with Crippen LogP contribution in [0.25, 0.3) is 0 Å². The smallest absolute Gasteiger partial charge is 0.0572 e. The molecule has 0 aliphatic carbocycles. The van der Waals surface area contributed by atoms with Crippen LogP contribution >= 0.6 is 0 Å². The summed E-state index contributed by atoms with van der Waals surface area (Å²) in [5.74, 6) is 0.799. The van der Waals surface area contributed by atoms with Crippen LogP contribution in [-0.2, 0) is 4.74 Å². The third kappa shape index (κ3) is 1.98. The van der Waals surface area contributed by atoms with Gasteiger partial charge in [0.05, 0.1) is 6.10 Å². The van der Waals surface area contributed by atoms with Gasteiger partial charge in [-0.3, -0.25) is 0 Å². The predicted octanol–water partition coefficient (Wildman–Crippen LogP) is 2.21. The van der Waals surface area contributed by atoms with Gasteiger partial charge in [0.25, 0.3) is 0 Å². The first kappa shape index (κ1) is 7.07. The zero-order valence-corrected chi connectivity index (χ0v) is 6.39. The van der Waals surface area contributed by atoms with Gasteiger partial charge in [-0.1, -0.05) is 13.8 Å². The van der Waals surface area contributed by atoms with Crippen LogP contribution in [0.15, 0.2) is 0 Å². The Morgan fingerprint density at radius 3 is 2.67 bits per heavy atom. The third-order valence-corrected chi connectivity index (χ3v) is 2.05. The fourth-order valence-corrected chi connectivity index (χ4v) is 1.26. The van der Waals surface area contributed by atoms with E-state index in [1.54, 1.807) is 0 Å². The van der Waals surface area contributed by atoms with Crippen molar-refractivity contribution in [2.24, 2.45) is 5.92 Å². The summed E-state index contributed by atoms with van der Waals surface area (Å²) in [6.07, 6.45) is 4.39. The Morgan fingerprint density at radius 1 is 1.44 bits per heavy atom. The quantitative estimate of drug-likeness (QED) is 0.526. The van der Waals surface area contributed by atoms with Crippen LogP contribution in [0.4, 0.5) is 0 Å². The zero-order chi connectivity index (χ0) is 6.69. The molecule has 0 radical (unpaired) electrons. The van der Waals surface area contributed by atoms with E-state index in [9.17, 15) is 0 Å². The molecule has 1 saturated heterocycles. The molecule has 0 aromatic rings. The second-order valence-electron chi connectivity index (χ2n) is 3.05. The van der Waals surface area contributed by atoms with Crippen molar-refractivity contribution in [3.63, 3.8) is 0 Å². The Hall–Kier alpha value is -0.0400. The van der Waals surface area contributed by atoms with E-state index in [4.69, 9.17) is 4.74 Å². The van der Waals surface area contributed by atoms with Gasteiger partial charge < -0.3 is 4.74 Å². The number of hydrogen-bond donors (Lipinski definition) is 0. The van der Waals surface area contributed by atoms with Crippen LogP contribution in [0.5, 0.6) is 0 Å². The molecule has 0 N–H and O–H groups in total. The lowest BCUT2D eigenvalue weighted by Crippen LogP contribution is -2.23. The van der Waals surface area contributed by atoms with Crippen LogP contribution in [-0.4, -0.2) is 12.7 Å². The fourth-order valence-electron chi connectivity index (χ4n) is 1.26. The second kappa shape index (κ2) is 3.21. The molecular formula is C8H16O. The van der Waals surface area contributed by atoms with Gasteiger partial charge in [-0.05, 0) is 25.2 Å². The molecule has 0 amide bonds. The Morgan fingerprint density at radius 2 is 2.22 bits per heavy atom. The molecule has 1 heteroatoms. The highest BCUT2D eigenvalue weighted by molar-refractivity contribution is 4.65. The van der Waals surface area contributed by atoms with E-state index in [1.165, 1.54) is 19.3 Å². The summed E-state index contributed by atoms with van der Waals surface area (Å²) in [7, 11) is 0. The fraction of sp³-hybridized carbons (Fsp3) is 1.00. The van der Waals surface area contributed by atoms with Crippen molar-refractivity contribution in [3.05, 3.63) is 0 Å². The molecule has 1 nitrogen and oxygen atoms in total. The highest BCUT2D eigenvalue weighted by Crippen LogP contribution is 2.19. The molecule has 0 aromatic carbocycles. The molecule has 1 unspecified atom stereocenters. The van der Waals surface area contributed by atoms with Gasteiger partial charge in [-0.2, -0.15) is 0 Å². The minimum Gasteiger partial charge on any atom is -0.378 e. The van der Waals surface area contributed by atoms with E-state index < -0.39 is 0 Å². The van der Waals surface area contributed by atoms with Gasteiger partial charge in [0.1, 0.15) is 0 Å². The van der Waals surface area contributed by atoms with Gasteiger partial charge in [0.15, 0.2) is 0 Å². The molecule has 1 rings (SSSR count). The molecule has 0 aromatic heterocycles. The SMILES string of the molecule is CC[C@@H]1CCC(C)CO1. The lowest BCUT2D eigenvalue weighted by molar-refractivity contribution is -0.0123. The summed E-state index contributed by atoms with van der Waals surface area (Å²) in [6, 6.07) is 0. The molecule has 9 heavy (non-hydrogen) atoms. The lowest BCUT2D eigenvalue weighted by atomic mass is 9.99. The molecule has 1 heterocycles. The van der Waals surface area contributed by atoms with Crippen LogP contribution in [0.2, 0.25) is 0 Å². The standard InChI is InChI=1S/C8H16O/c1-3-8-5-4-7(2)6-9-8/h7-8H,3-6H2,1-2H3/t7?,8-/m1/s1. The zero-order valence-electron chi connectivity index (χ0n) is 6.39. The highest BCUT2D eigenvalue weighted by Gasteiger charge is 2.15. The van der Waals surface area contributed by atoms with Gasteiger partial charge >= 0.3 is 0 Å². The highest BCUT2D eigenvalue weighted by atomic mass is 16.5. The topological polar surface area (TPSA) is 9.23 Å². The van der Waals surface area contributed by atoms with E-state index in [2.05, 4.69) is 13.8 Å². The summed E-state index contributed by atoms with van der Waals surface area (Å²) >= 11 is 0. The van der Waals surface area contributed by atoms with E-state index in [0.29, 0.717) is 6.10 Å². The first-order chi connectivity index (χ1) is 4.33. The summed E-state index contributed by atoms with van der Waals surface area (Å²) in [5.41, 5.74) is 0. The van der Waals surface area contributed by atoms with Crippen molar-refractivity contribution in [1.29, 1.82) is 0 Å². The monoisotopic (exact) mass is 128 g/mol. The van der Waals surface area contributed by atoms with Gasteiger partial charge in [0.2, 0.25) is 0 Å². The lowest BCUT2D eigenvalue weighted by Gasteiger charge is -2.25. The van der Waals surface area contributed by atoms with E-state index in [0.717, 1.165) is 12.5 Å². The maximum Gasteiger partial charge on any atom is 0.0572 e. The normalized spacial score (nSPS) is 36.7. The van der Waals surface area contributed by atoms with Crippen molar-refractivity contribution in [1.82, 2.24) is 0 Å². The number of ether oxygens (including phenoxy) is 1. The minimum absolute atomic E-state index is 0.571. The van der Waals surface area contributed by atoms with Crippen LogP contribution in [0.1, 0.15) is 33.1 Å². The van der Waals surface area contributed by atoms with Crippen molar-refractivity contribution in [3.8, 4) is 0 Å². The molecular weight excluding hydrogens is 112 g/mol. The summed E-state index contributed by atoms with van der Waals surface area (Å²) in [4.78, 5) is 0. The summed E-state index contributed by atoms with van der Waals surface area (Å²) in [6.45, 7) is 5.44. The molecule has 1 aliphatic rings. The number of hydrogen-bond acceptors (Lipinski definition) is 1. The molecule has 2 atom stereocenters. The molecule has 0 spiro atoms. The maximum absolute atomic E-state index is 5.54. The van der Waals surface area contributed by atoms with Crippen LogP contribution in [0.3, 0.4) is 0 Å². The van der Waals surface area contributed by atoms with Crippen molar-refractivity contribution in [2.75, 3.05) is 6.61 Å². The average molecular weight is 128 g/mol. The predicted molar refractivity (Wildman–Crippen MR) is 38.4 cm³/mol. The molecule has 0 bridgehead atoms. The largest absolute Gasteiger partial charge is 0.378 e. The van der Waals surface area contributed by atoms with Crippen LogP contribution < -0.4 is 0 Å². The average Bonchev–Trinajstić information content (AvgIpc) is 1.90.